The van der Waals surface area contributed by atoms with Gasteiger partial charge in [-0.2, -0.15) is 0 Å². The third-order valence-electron chi connectivity index (χ3n) is 1.86. The van der Waals surface area contributed by atoms with Gasteiger partial charge in [-0.05, 0) is 34.5 Å². The lowest BCUT2D eigenvalue weighted by Gasteiger charge is -2.10. The van der Waals surface area contributed by atoms with Crippen LogP contribution >= 0.6 is 27.3 Å². The first-order valence-electron chi connectivity index (χ1n) is 4.34. The summed E-state index contributed by atoms with van der Waals surface area (Å²) < 4.78 is 1.07. The highest BCUT2D eigenvalue weighted by Crippen LogP contribution is 2.21. The Morgan fingerprint density at radius 3 is 2.86 bits per heavy atom. The summed E-state index contributed by atoms with van der Waals surface area (Å²) in [5.74, 6) is -0.789. The molecule has 0 amide bonds. The van der Waals surface area contributed by atoms with Crippen LogP contribution in [0, 0.1) is 0 Å². The Bertz CT molecular complexity index is 314. The van der Waals surface area contributed by atoms with E-state index in [0.717, 1.165) is 8.66 Å². The number of hydrogen-bond donors (Lipinski definition) is 2. The van der Waals surface area contributed by atoms with E-state index in [-0.39, 0.29) is 0 Å². The molecule has 0 aromatic carbocycles. The first-order chi connectivity index (χ1) is 6.63. The summed E-state index contributed by atoms with van der Waals surface area (Å²) in [5, 5.41) is 11.8. The second-order valence-electron chi connectivity index (χ2n) is 2.89. The number of aliphatic carboxylic acids is 1. The first kappa shape index (κ1) is 11.7. The van der Waals surface area contributed by atoms with E-state index < -0.39 is 12.0 Å². The lowest BCUT2D eigenvalue weighted by atomic mass is 10.2. The Morgan fingerprint density at radius 2 is 2.43 bits per heavy atom. The van der Waals surface area contributed by atoms with E-state index in [1.54, 1.807) is 11.3 Å². The van der Waals surface area contributed by atoms with Crippen LogP contribution in [0.5, 0.6) is 0 Å². The van der Waals surface area contributed by atoms with Gasteiger partial charge in [0.1, 0.15) is 6.04 Å². The summed E-state index contributed by atoms with van der Waals surface area (Å²) in [6.45, 7) is 2.47. The van der Waals surface area contributed by atoms with Crippen molar-refractivity contribution < 1.29 is 9.90 Å². The molecule has 0 bridgehead atoms. The van der Waals surface area contributed by atoms with Gasteiger partial charge in [0.15, 0.2) is 0 Å². The highest BCUT2D eigenvalue weighted by Gasteiger charge is 2.13. The number of carboxylic acids is 1. The zero-order valence-electron chi connectivity index (χ0n) is 7.79. The van der Waals surface area contributed by atoms with Gasteiger partial charge in [-0.3, -0.25) is 10.1 Å². The molecule has 1 aromatic rings. The summed E-state index contributed by atoms with van der Waals surface area (Å²) in [5.41, 5.74) is 0. The number of halogens is 1. The van der Waals surface area contributed by atoms with E-state index in [1.165, 1.54) is 0 Å². The van der Waals surface area contributed by atoms with Crippen molar-refractivity contribution in [2.75, 3.05) is 0 Å². The van der Waals surface area contributed by atoms with Gasteiger partial charge in [-0.1, -0.05) is 6.92 Å². The Kier molecular flexibility index (Phi) is 4.57. The summed E-state index contributed by atoms with van der Waals surface area (Å²) in [6, 6.07) is 3.50. The number of carboxylic acid groups (broad SMARTS) is 1. The summed E-state index contributed by atoms with van der Waals surface area (Å²) in [4.78, 5) is 11.8. The molecule has 3 nitrogen and oxygen atoms in total. The van der Waals surface area contributed by atoms with Gasteiger partial charge in [-0.15, -0.1) is 11.3 Å². The van der Waals surface area contributed by atoms with Crippen LogP contribution < -0.4 is 5.32 Å². The van der Waals surface area contributed by atoms with Crippen molar-refractivity contribution in [1.82, 2.24) is 5.32 Å². The lowest BCUT2D eigenvalue weighted by molar-refractivity contribution is -0.139. The van der Waals surface area contributed by atoms with E-state index in [9.17, 15) is 4.79 Å². The fourth-order valence-corrected chi connectivity index (χ4v) is 2.51. The summed E-state index contributed by atoms with van der Waals surface area (Å²) in [6.07, 6.45) is 0.599. The molecule has 0 aliphatic rings. The van der Waals surface area contributed by atoms with Crippen LogP contribution in [0.4, 0.5) is 0 Å². The number of thiophene rings is 1. The van der Waals surface area contributed by atoms with Crippen LogP contribution in [0.1, 0.15) is 18.2 Å². The van der Waals surface area contributed by atoms with Gasteiger partial charge >= 0.3 is 5.97 Å². The first-order valence-corrected chi connectivity index (χ1v) is 5.94. The Morgan fingerprint density at radius 1 is 1.71 bits per heavy atom. The van der Waals surface area contributed by atoms with Gasteiger partial charge in [0.25, 0.3) is 0 Å². The van der Waals surface area contributed by atoms with Crippen molar-refractivity contribution in [3.05, 3.63) is 20.8 Å². The Labute approximate surface area is 95.3 Å². The largest absolute Gasteiger partial charge is 0.480 e. The molecular formula is C9H12BrNO2S. The molecule has 1 atom stereocenters. The normalized spacial score (nSPS) is 12.7. The molecule has 2 N–H and O–H groups in total. The second kappa shape index (κ2) is 5.48. The minimum absolute atomic E-state index is 0.448. The predicted octanol–water partition coefficient (Wildman–Crippen LogP) is 2.46. The smallest absolute Gasteiger partial charge is 0.320 e. The molecule has 1 unspecified atom stereocenters. The maximum absolute atomic E-state index is 10.7. The number of nitrogens with one attached hydrogen (secondary N) is 1. The molecule has 0 fully saturated rings. The minimum atomic E-state index is -0.789. The van der Waals surface area contributed by atoms with E-state index in [2.05, 4.69) is 21.2 Å². The summed E-state index contributed by atoms with van der Waals surface area (Å²) in [7, 11) is 0. The maximum atomic E-state index is 10.7. The van der Waals surface area contributed by atoms with Crippen molar-refractivity contribution >= 4 is 33.2 Å². The highest BCUT2D eigenvalue weighted by molar-refractivity contribution is 9.11. The average Bonchev–Trinajstić information content (AvgIpc) is 2.52. The molecular weight excluding hydrogens is 266 g/mol. The van der Waals surface area contributed by atoms with E-state index in [1.807, 2.05) is 19.1 Å². The SMILES string of the molecule is CCC(NCc1ccc(Br)s1)C(=O)O. The molecule has 0 radical (unpaired) electrons. The number of carbonyl (C=O) groups is 1. The monoisotopic (exact) mass is 277 g/mol. The van der Waals surface area contributed by atoms with Crippen LogP contribution in [0.25, 0.3) is 0 Å². The van der Waals surface area contributed by atoms with Crippen LogP contribution in [0.3, 0.4) is 0 Å². The molecule has 1 rings (SSSR count). The highest BCUT2D eigenvalue weighted by atomic mass is 79.9. The third-order valence-corrected chi connectivity index (χ3v) is 3.48. The van der Waals surface area contributed by atoms with Crippen molar-refractivity contribution in [2.24, 2.45) is 0 Å². The minimum Gasteiger partial charge on any atom is -0.480 e. The van der Waals surface area contributed by atoms with Gasteiger partial charge in [0.05, 0.1) is 3.79 Å². The van der Waals surface area contributed by atoms with Crippen molar-refractivity contribution in [2.45, 2.75) is 25.9 Å². The molecule has 14 heavy (non-hydrogen) atoms. The van der Waals surface area contributed by atoms with Crippen LogP contribution in [-0.2, 0) is 11.3 Å². The van der Waals surface area contributed by atoms with Crippen molar-refractivity contribution in [3.8, 4) is 0 Å². The van der Waals surface area contributed by atoms with E-state index in [0.29, 0.717) is 13.0 Å². The molecule has 5 heteroatoms. The molecule has 1 heterocycles. The fraction of sp³-hybridized carbons (Fsp3) is 0.444. The molecule has 0 spiro atoms. The lowest BCUT2D eigenvalue weighted by Crippen LogP contribution is -2.35. The number of hydrogen-bond acceptors (Lipinski definition) is 3. The molecule has 0 saturated heterocycles. The zero-order valence-corrected chi connectivity index (χ0v) is 10.2. The zero-order chi connectivity index (χ0) is 10.6. The standard InChI is InChI=1S/C9H12BrNO2S/c1-2-7(9(12)13)11-5-6-3-4-8(10)14-6/h3-4,7,11H,2,5H2,1H3,(H,12,13). The van der Waals surface area contributed by atoms with Crippen LogP contribution in [0.2, 0.25) is 0 Å². The Balaban J connectivity index is 2.43. The fourth-order valence-electron chi connectivity index (χ4n) is 1.08. The molecule has 0 aliphatic heterocycles. The van der Waals surface area contributed by atoms with Crippen LogP contribution in [0.15, 0.2) is 15.9 Å². The van der Waals surface area contributed by atoms with Crippen LogP contribution in [-0.4, -0.2) is 17.1 Å². The van der Waals surface area contributed by atoms with Gasteiger partial charge in [0.2, 0.25) is 0 Å². The Hall–Kier alpha value is -0.390. The number of rotatable bonds is 5. The molecule has 1 aromatic heterocycles. The quantitative estimate of drug-likeness (QED) is 0.869. The third kappa shape index (κ3) is 3.40. The topological polar surface area (TPSA) is 49.3 Å². The molecule has 0 aliphatic carbocycles. The maximum Gasteiger partial charge on any atom is 0.320 e. The van der Waals surface area contributed by atoms with Gasteiger partial charge in [-0.25, -0.2) is 0 Å². The predicted molar refractivity (Wildman–Crippen MR) is 60.6 cm³/mol. The van der Waals surface area contributed by atoms with Crippen molar-refractivity contribution in [1.29, 1.82) is 0 Å². The van der Waals surface area contributed by atoms with E-state index in [4.69, 9.17) is 5.11 Å². The van der Waals surface area contributed by atoms with Crippen molar-refractivity contribution in [3.63, 3.8) is 0 Å². The second-order valence-corrected chi connectivity index (χ2v) is 5.43. The molecule has 78 valence electrons. The van der Waals surface area contributed by atoms with E-state index >= 15 is 0 Å². The average molecular weight is 278 g/mol. The van der Waals surface area contributed by atoms with Gasteiger partial charge in [0, 0.05) is 11.4 Å². The van der Waals surface area contributed by atoms with Gasteiger partial charge < -0.3 is 5.11 Å². The summed E-state index contributed by atoms with van der Waals surface area (Å²) >= 11 is 4.97. The molecule has 0 saturated carbocycles.